The van der Waals surface area contributed by atoms with Crippen molar-refractivity contribution in [1.82, 2.24) is 14.5 Å². The summed E-state index contributed by atoms with van der Waals surface area (Å²) in [5.41, 5.74) is 2.79. The van der Waals surface area contributed by atoms with E-state index in [0.29, 0.717) is 11.1 Å². The predicted octanol–water partition coefficient (Wildman–Crippen LogP) is 4.37. The van der Waals surface area contributed by atoms with Crippen molar-refractivity contribution in [3.8, 4) is 0 Å². The number of carboxylic acids is 1. The Morgan fingerprint density at radius 2 is 2.00 bits per heavy atom. The number of para-hydroxylation sites is 1. The molecule has 0 fully saturated rings. The normalized spacial score (nSPS) is 10.8. The quantitative estimate of drug-likeness (QED) is 0.722. The highest BCUT2D eigenvalue weighted by atomic mass is 35.5. The number of halogens is 1. The van der Waals surface area contributed by atoms with Gasteiger partial charge in [-0.05, 0) is 12.0 Å². The van der Waals surface area contributed by atoms with Crippen LogP contribution >= 0.6 is 11.6 Å². The van der Waals surface area contributed by atoms with Gasteiger partial charge in [-0.3, -0.25) is 4.79 Å². The standard InChI is InChI=1S/C14H14ClN3.C3H6O2/c1-9(2)7-18-8-16-12-13(18)10-5-3-4-6-11(10)17-14(12)15;1-2-3(4)5/h3-6,8-9H,7H2,1-2H3;2H2,1H3,(H,4,5). The fraction of sp³-hybridized carbons (Fsp3) is 0.353. The van der Waals surface area contributed by atoms with Crippen LogP contribution < -0.4 is 0 Å². The monoisotopic (exact) mass is 333 g/mol. The number of pyridine rings is 1. The zero-order chi connectivity index (χ0) is 17.0. The number of nitrogens with zero attached hydrogens (tertiary/aromatic N) is 3. The van der Waals surface area contributed by atoms with E-state index in [1.807, 2.05) is 24.5 Å². The van der Waals surface area contributed by atoms with Crippen molar-refractivity contribution in [2.24, 2.45) is 5.92 Å². The van der Waals surface area contributed by atoms with E-state index < -0.39 is 5.97 Å². The molecule has 6 heteroatoms. The van der Waals surface area contributed by atoms with E-state index in [1.165, 1.54) is 0 Å². The Labute approximate surface area is 139 Å². The highest BCUT2D eigenvalue weighted by Crippen LogP contribution is 2.28. The number of hydrogen-bond donors (Lipinski definition) is 1. The van der Waals surface area contributed by atoms with E-state index in [1.54, 1.807) is 6.92 Å². The van der Waals surface area contributed by atoms with Crippen molar-refractivity contribution in [2.75, 3.05) is 0 Å². The number of imidazole rings is 1. The van der Waals surface area contributed by atoms with Gasteiger partial charge < -0.3 is 9.67 Å². The number of aromatic nitrogens is 3. The van der Waals surface area contributed by atoms with Crippen LogP contribution in [0.25, 0.3) is 21.9 Å². The molecular formula is C17H20ClN3O2. The number of carboxylic acid groups (broad SMARTS) is 1. The second-order valence-corrected chi connectivity index (χ2v) is 6.01. The van der Waals surface area contributed by atoms with Gasteiger partial charge in [0.1, 0.15) is 5.52 Å². The maximum absolute atomic E-state index is 9.37. The first-order valence-corrected chi connectivity index (χ1v) is 7.92. The van der Waals surface area contributed by atoms with Gasteiger partial charge in [-0.25, -0.2) is 9.97 Å². The summed E-state index contributed by atoms with van der Waals surface area (Å²) in [6, 6.07) is 8.04. The number of hydrogen-bond acceptors (Lipinski definition) is 3. The first-order chi connectivity index (χ1) is 10.9. The lowest BCUT2D eigenvalue weighted by Crippen LogP contribution is -2.03. The summed E-state index contributed by atoms with van der Waals surface area (Å²) in [6.07, 6.45) is 2.07. The van der Waals surface area contributed by atoms with Crippen LogP contribution in [0, 0.1) is 5.92 Å². The molecule has 0 saturated heterocycles. The molecule has 3 aromatic rings. The van der Waals surface area contributed by atoms with E-state index in [0.717, 1.165) is 28.5 Å². The lowest BCUT2D eigenvalue weighted by atomic mass is 10.2. The summed E-state index contributed by atoms with van der Waals surface area (Å²) in [7, 11) is 0. The van der Waals surface area contributed by atoms with E-state index in [4.69, 9.17) is 16.7 Å². The van der Waals surface area contributed by atoms with Gasteiger partial charge in [0.15, 0.2) is 5.15 Å². The minimum Gasteiger partial charge on any atom is -0.481 e. The third-order valence-corrected chi connectivity index (χ3v) is 3.54. The van der Waals surface area contributed by atoms with Crippen molar-refractivity contribution in [3.05, 3.63) is 35.7 Å². The number of aliphatic carboxylic acids is 1. The molecule has 0 aliphatic carbocycles. The van der Waals surface area contributed by atoms with Gasteiger partial charge in [-0.1, -0.05) is 50.6 Å². The van der Waals surface area contributed by atoms with Gasteiger partial charge in [-0.2, -0.15) is 0 Å². The van der Waals surface area contributed by atoms with Crippen molar-refractivity contribution in [3.63, 3.8) is 0 Å². The zero-order valence-electron chi connectivity index (χ0n) is 13.5. The summed E-state index contributed by atoms with van der Waals surface area (Å²) in [4.78, 5) is 18.1. The van der Waals surface area contributed by atoms with Crippen LogP contribution in [-0.2, 0) is 11.3 Å². The van der Waals surface area contributed by atoms with Crippen LogP contribution in [0.3, 0.4) is 0 Å². The van der Waals surface area contributed by atoms with Crippen LogP contribution in [-0.4, -0.2) is 25.6 Å². The number of fused-ring (bicyclic) bond motifs is 3. The SMILES string of the molecule is CC(C)Cn1cnc2c(Cl)nc3ccccc3c21.CCC(=O)O. The predicted molar refractivity (Wildman–Crippen MR) is 92.8 cm³/mol. The van der Waals surface area contributed by atoms with E-state index in [2.05, 4.69) is 34.4 Å². The Kier molecular flexibility index (Phi) is 5.55. The van der Waals surface area contributed by atoms with Crippen molar-refractivity contribution in [1.29, 1.82) is 0 Å². The van der Waals surface area contributed by atoms with Crippen LogP contribution in [0.1, 0.15) is 27.2 Å². The first-order valence-electron chi connectivity index (χ1n) is 7.54. The molecule has 5 nitrogen and oxygen atoms in total. The van der Waals surface area contributed by atoms with Crippen molar-refractivity contribution < 1.29 is 9.90 Å². The molecule has 0 bridgehead atoms. The summed E-state index contributed by atoms with van der Waals surface area (Å²) < 4.78 is 2.16. The van der Waals surface area contributed by atoms with Gasteiger partial charge >= 0.3 is 5.97 Å². The molecule has 3 rings (SSSR count). The number of rotatable bonds is 3. The van der Waals surface area contributed by atoms with Gasteiger partial charge in [0, 0.05) is 18.4 Å². The maximum atomic E-state index is 9.37. The Morgan fingerprint density at radius 1 is 1.35 bits per heavy atom. The summed E-state index contributed by atoms with van der Waals surface area (Å²) in [5.74, 6) is -0.182. The molecule has 0 saturated carbocycles. The Balaban J connectivity index is 0.000000338. The summed E-state index contributed by atoms with van der Waals surface area (Å²) in [6.45, 7) is 6.91. The highest BCUT2D eigenvalue weighted by molar-refractivity contribution is 6.35. The Hall–Kier alpha value is -2.14. The highest BCUT2D eigenvalue weighted by Gasteiger charge is 2.12. The summed E-state index contributed by atoms with van der Waals surface area (Å²) >= 11 is 6.20. The van der Waals surface area contributed by atoms with Gasteiger partial charge in [0.25, 0.3) is 0 Å². The zero-order valence-corrected chi connectivity index (χ0v) is 14.2. The maximum Gasteiger partial charge on any atom is 0.303 e. The lowest BCUT2D eigenvalue weighted by Gasteiger charge is -2.09. The first kappa shape index (κ1) is 17.2. The molecule has 23 heavy (non-hydrogen) atoms. The van der Waals surface area contributed by atoms with E-state index in [-0.39, 0.29) is 6.42 Å². The molecule has 0 radical (unpaired) electrons. The molecule has 1 aromatic carbocycles. The van der Waals surface area contributed by atoms with Crippen LogP contribution in [0.4, 0.5) is 0 Å². The molecule has 0 aliphatic rings. The molecule has 0 aliphatic heterocycles. The molecule has 2 heterocycles. The average molecular weight is 334 g/mol. The smallest absolute Gasteiger partial charge is 0.303 e. The number of carbonyl (C=O) groups is 1. The summed E-state index contributed by atoms with van der Waals surface area (Å²) in [5, 5.41) is 9.31. The molecular weight excluding hydrogens is 314 g/mol. The van der Waals surface area contributed by atoms with Gasteiger partial charge in [0.2, 0.25) is 0 Å². The van der Waals surface area contributed by atoms with Crippen molar-refractivity contribution >= 4 is 39.5 Å². The largest absolute Gasteiger partial charge is 0.481 e. The molecule has 0 spiro atoms. The topological polar surface area (TPSA) is 68.0 Å². The fourth-order valence-electron chi connectivity index (χ4n) is 2.28. The number of benzene rings is 1. The van der Waals surface area contributed by atoms with E-state index in [9.17, 15) is 4.79 Å². The second kappa shape index (κ2) is 7.42. The molecule has 2 aromatic heterocycles. The van der Waals surface area contributed by atoms with E-state index >= 15 is 0 Å². The Morgan fingerprint density at radius 3 is 2.61 bits per heavy atom. The molecule has 0 atom stereocenters. The molecule has 122 valence electrons. The van der Waals surface area contributed by atoms with Gasteiger partial charge in [-0.15, -0.1) is 0 Å². The second-order valence-electron chi connectivity index (χ2n) is 5.66. The van der Waals surface area contributed by atoms with Crippen LogP contribution in [0.2, 0.25) is 5.15 Å². The molecule has 0 unspecified atom stereocenters. The fourth-order valence-corrected chi connectivity index (χ4v) is 2.51. The average Bonchev–Trinajstić information content (AvgIpc) is 2.92. The van der Waals surface area contributed by atoms with Crippen LogP contribution in [0.5, 0.6) is 0 Å². The van der Waals surface area contributed by atoms with Gasteiger partial charge in [0.05, 0.1) is 17.4 Å². The van der Waals surface area contributed by atoms with Crippen molar-refractivity contribution in [2.45, 2.75) is 33.7 Å². The molecule has 0 amide bonds. The minimum atomic E-state index is -0.745. The lowest BCUT2D eigenvalue weighted by molar-refractivity contribution is -0.136. The minimum absolute atomic E-state index is 0.222. The third kappa shape index (κ3) is 3.99. The Bertz CT molecular complexity index is 827. The van der Waals surface area contributed by atoms with Crippen LogP contribution in [0.15, 0.2) is 30.6 Å². The molecule has 1 N–H and O–H groups in total. The third-order valence-electron chi connectivity index (χ3n) is 3.28.